The summed E-state index contributed by atoms with van der Waals surface area (Å²) in [6.07, 6.45) is -10.6. The zero-order valence-corrected chi connectivity index (χ0v) is 19.6. The minimum Gasteiger partial charge on any atom is -0.315 e. The van der Waals surface area contributed by atoms with E-state index in [1.165, 1.54) is 11.6 Å². The van der Waals surface area contributed by atoms with Gasteiger partial charge in [-0.3, -0.25) is 9.59 Å². The SMILES string of the molecule is CN(C(=O)Cc1c(-c2ccccc2)c2ccccc2c(=O)n1C)c1cc(C(F)(F)F)cc(C(F)(F)F)c1. The number of benzene rings is 3. The molecule has 0 atom stereocenters. The maximum absolute atomic E-state index is 13.3. The molecule has 0 spiro atoms. The molecule has 0 N–H and O–H groups in total. The van der Waals surface area contributed by atoms with E-state index in [4.69, 9.17) is 0 Å². The van der Waals surface area contributed by atoms with Crippen molar-refractivity contribution in [1.29, 1.82) is 0 Å². The lowest BCUT2D eigenvalue weighted by molar-refractivity contribution is -0.143. The summed E-state index contributed by atoms with van der Waals surface area (Å²) in [6.45, 7) is 0. The molecular weight excluding hydrogens is 498 g/mol. The number of aromatic nitrogens is 1. The number of rotatable bonds is 4. The van der Waals surface area contributed by atoms with Gasteiger partial charge in [0.25, 0.3) is 5.56 Å². The summed E-state index contributed by atoms with van der Waals surface area (Å²) in [6, 6.07) is 16.7. The van der Waals surface area contributed by atoms with E-state index in [9.17, 15) is 35.9 Å². The van der Waals surface area contributed by atoms with Gasteiger partial charge in [0.1, 0.15) is 0 Å². The first-order valence-corrected chi connectivity index (χ1v) is 11.0. The Hall–Kier alpha value is -4.08. The molecule has 0 saturated heterocycles. The van der Waals surface area contributed by atoms with Crippen molar-refractivity contribution in [1.82, 2.24) is 4.57 Å². The summed E-state index contributed by atoms with van der Waals surface area (Å²) in [5.74, 6) is -0.796. The lowest BCUT2D eigenvalue weighted by Gasteiger charge is -2.23. The number of alkyl halides is 6. The Bertz CT molecular complexity index is 1510. The Morgan fingerprint density at radius 1 is 0.811 bits per heavy atom. The van der Waals surface area contributed by atoms with E-state index in [-0.39, 0.29) is 17.3 Å². The maximum atomic E-state index is 13.3. The molecule has 0 aliphatic heterocycles. The first-order valence-electron chi connectivity index (χ1n) is 11.0. The average Bonchev–Trinajstić information content (AvgIpc) is 2.86. The number of halogens is 6. The van der Waals surface area contributed by atoms with E-state index in [0.29, 0.717) is 34.0 Å². The fourth-order valence-corrected chi connectivity index (χ4v) is 4.19. The highest BCUT2D eigenvalue weighted by atomic mass is 19.4. The zero-order chi connectivity index (χ0) is 27.1. The summed E-state index contributed by atoms with van der Waals surface area (Å²) in [7, 11) is 2.56. The van der Waals surface area contributed by atoms with Crippen molar-refractivity contribution in [2.45, 2.75) is 18.8 Å². The molecule has 37 heavy (non-hydrogen) atoms. The lowest BCUT2D eigenvalue weighted by atomic mass is 9.95. The van der Waals surface area contributed by atoms with Gasteiger partial charge in [0, 0.05) is 36.4 Å². The van der Waals surface area contributed by atoms with Crippen LogP contribution in [-0.4, -0.2) is 17.5 Å². The summed E-state index contributed by atoms with van der Waals surface area (Å²) in [5.41, 5.74) is -2.48. The van der Waals surface area contributed by atoms with E-state index in [2.05, 4.69) is 0 Å². The molecule has 10 heteroatoms. The Morgan fingerprint density at radius 3 is 1.86 bits per heavy atom. The number of carbonyl (C=O) groups excluding carboxylic acids is 1. The van der Waals surface area contributed by atoms with Gasteiger partial charge >= 0.3 is 12.4 Å². The third-order valence-corrected chi connectivity index (χ3v) is 6.14. The number of pyridine rings is 1. The molecule has 192 valence electrons. The van der Waals surface area contributed by atoms with Gasteiger partial charge in [-0.15, -0.1) is 0 Å². The molecule has 0 radical (unpaired) electrons. The molecule has 3 aromatic carbocycles. The van der Waals surface area contributed by atoms with Crippen molar-refractivity contribution in [2.24, 2.45) is 7.05 Å². The minimum atomic E-state index is -5.05. The van der Waals surface area contributed by atoms with Crippen molar-refractivity contribution in [3.05, 3.63) is 100.0 Å². The van der Waals surface area contributed by atoms with Gasteiger partial charge in [0.15, 0.2) is 0 Å². The zero-order valence-electron chi connectivity index (χ0n) is 19.6. The van der Waals surface area contributed by atoms with Crippen molar-refractivity contribution in [3.8, 4) is 11.1 Å². The number of nitrogens with zero attached hydrogens (tertiary/aromatic N) is 2. The van der Waals surface area contributed by atoms with Crippen LogP contribution in [0.1, 0.15) is 16.8 Å². The number of carbonyl (C=O) groups is 1. The molecule has 0 aliphatic rings. The van der Waals surface area contributed by atoms with Crippen LogP contribution < -0.4 is 10.5 Å². The van der Waals surface area contributed by atoms with E-state index in [1.54, 1.807) is 54.6 Å². The second-order valence-corrected chi connectivity index (χ2v) is 8.49. The van der Waals surface area contributed by atoms with Gasteiger partial charge in [-0.1, -0.05) is 48.5 Å². The van der Waals surface area contributed by atoms with Gasteiger partial charge in [-0.05, 0) is 35.2 Å². The van der Waals surface area contributed by atoms with Crippen molar-refractivity contribution < 1.29 is 31.1 Å². The van der Waals surface area contributed by atoms with Crippen LogP contribution in [0.15, 0.2) is 77.6 Å². The largest absolute Gasteiger partial charge is 0.416 e. The van der Waals surface area contributed by atoms with Crippen LogP contribution in [-0.2, 0) is 30.6 Å². The molecule has 0 unspecified atom stereocenters. The molecule has 4 rings (SSSR count). The quantitative estimate of drug-likeness (QED) is 0.292. The molecule has 4 aromatic rings. The van der Waals surface area contributed by atoms with E-state index in [0.717, 1.165) is 11.9 Å². The van der Waals surface area contributed by atoms with Gasteiger partial charge < -0.3 is 9.47 Å². The monoisotopic (exact) mass is 518 g/mol. The smallest absolute Gasteiger partial charge is 0.315 e. The molecule has 1 aromatic heterocycles. The second-order valence-electron chi connectivity index (χ2n) is 8.49. The number of amides is 1. The van der Waals surface area contributed by atoms with Crippen LogP contribution in [0.3, 0.4) is 0 Å². The van der Waals surface area contributed by atoms with E-state index in [1.807, 2.05) is 0 Å². The number of hydrogen-bond acceptors (Lipinski definition) is 2. The second kappa shape index (κ2) is 9.42. The Morgan fingerprint density at radius 2 is 1.32 bits per heavy atom. The van der Waals surface area contributed by atoms with Gasteiger partial charge in [-0.2, -0.15) is 26.3 Å². The van der Waals surface area contributed by atoms with Gasteiger partial charge in [-0.25, -0.2) is 0 Å². The summed E-state index contributed by atoms with van der Waals surface area (Å²) in [4.78, 5) is 27.1. The predicted molar refractivity (Wildman–Crippen MR) is 128 cm³/mol. The molecular formula is C27H20F6N2O2. The Balaban J connectivity index is 1.84. The highest BCUT2D eigenvalue weighted by molar-refractivity contribution is 6.01. The highest BCUT2D eigenvalue weighted by Crippen LogP contribution is 2.38. The van der Waals surface area contributed by atoms with Crippen LogP contribution in [0.2, 0.25) is 0 Å². The van der Waals surface area contributed by atoms with Crippen molar-refractivity contribution in [2.75, 3.05) is 11.9 Å². The van der Waals surface area contributed by atoms with Crippen molar-refractivity contribution >= 4 is 22.4 Å². The van der Waals surface area contributed by atoms with Crippen LogP contribution in [0.25, 0.3) is 21.9 Å². The average molecular weight is 518 g/mol. The Kier molecular flexibility index (Phi) is 6.62. The van der Waals surface area contributed by atoms with E-state index >= 15 is 0 Å². The Labute approximate surface area is 207 Å². The highest BCUT2D eigenvalue weighted by Gasteiger charge is 2.37. The first kappa shape index (κ1) is 26.0. The molecule has 0 aliphatic carbocycles. The summed E-state index contributed by atoms with van der Waals surface area (Å²) < 4.78 is 81.2. The standard InChI is InChI=1S/C27H20F6N2O2/c1-34(19-13-17(26(28,29)30)12-18(14-19)27(31,32)33)23(36)15-22-24(16-8-4-3-5-9-16)20-10-6-7-11-21(20)25(37)35(22)2/h3-14H,15H2,1-2H3. The summed E-state index contributed by atoms with van der Waals surface area (Å²) >= 11 is 0. The fraction of sp³-hybridized carbons (Fsp3) is 0.185. The summed E-state index contributed by atoms with van der Waals surface area (Å²) in [5, 5.41) is 0.974. The molecule has 4 nitrogen and oxygen atoms in total. The third-order valence-electron chi connectivity index (χ3n) is 6.14. The van der Waals surface area contributed by atoms with Gasteiger partial charge in [0.05, 0.1) is 17.5 Å². The maximum Gasteiger partial charge on any atom is 0.416 e. The normalized spacial score (nSPS) is 12.1. The predicted octanol–water partition coefficient (Wildman–Crippen LogP) is 6.45. The topological polar surface area (TPSA) is 42.3 Å². The molecule has 0 saturated carbocycles. The molecule has 1 amide bonds. The van der Waals surface area contributed by atoms with Gasteiger partial charge in [0.2, 0.25) is 5.91 Å². The fourth-order valence-electron chi connectivity index (χ4n) is 4.19. The lowest BCUT2D eigenvalue weighted by Crippen LogP contribution is -2.32. The van der Waals surface area contributed by atoms with Crippen LogP contribution in [0, 0.1) is 0 Å². The number of likely N-dealkylation sites (N-methyl/N-ethyl adjacent to an activating group) is 1. The third kappa shape index (κ3) is 5.09. The molecule has 0 fully saturated rings. The van der Waals surface area contributed by atoms with Crippen LogP contribution >= 0.6 is 0 Å². The number of hydrogen-bond donors (Lipinski definition) is 0. The molecule has 0 bridgehead atoms. The number of fused-ring (bicyclic) bond motifs is 1. The van der Waals surface area contributed by atoms with Crippen molar-refractivity contribution in [3.63, 3.8) is 0 Å². The first-order chi connectivity index (χ1) is 17.3. The minimum absolute atomic E-state index is 0.00235. The number of anilines is 1. The van der Waals surface area contributed by atoms with E-state index < -0.39 is 41.5 Å². The van der Waals surface area contributed by atoms with Crippen LogP contribution in [0.4, 0.5) is 32.0 Å². The molecule has 1 heterocycles. The van der Waals surface area contributed by atoms with Crippen LogP contribution in [0.5, 0.6) is 0 Å².